The highest BCUT2D eigenvalue weighted by atomic mass is 32.1. The summed E-state index contributed by atoms with van der Waals surface area (Å²) in [6.07, 6.45) is 3.77. The summed E-state index contributed by atoms with van der Waals surface area (Å²) in [6.45, 7) is 6.12. The lowest BCUT2D eigenvalue weighted by molar-refractivity contribution is 0.104. The minimum Gasteiger partial charge on any atom is -0.497 e. The Hall–Kier alpha value is -5.72. The number of aromatic nitrogens is 4. The SMILES string of the molecule is C=CCONC(=Cn1c(=O)c2cc(CC)sc2n(Cc2ccc(-c3ccccc3-c3noc(=O)[nH]3)cc2)c1=O)c1ccc(OC)cc1. The lowest BCUT2D eigenvalue weighted by Gasteiger charge is -2.14. The van der Waals surface area contributed by atoms with E-state index in [1.54, 1.807) is 42.0 Å². The van der Waals surface area contributed by atoms with Gasteiger partial charge in [0.25, 0.3) is 5.56 Å². The summed E-state index contributed by atoms with van der Waals surface area (Å²) < 4.78 is 12.7. The summed E-state index contributed by atoms with van der Waals surface area (Å²) in [6, 6.07) is 24.3. The van der Waals surface area contributed by atoms with Crippen LogP contribution in [0.25, 0.3) is 44.6 Å². The van der Waals surface area contributed by atoms with E-state index >= 15 is 0 Å². The molecule has 0 saturated carbocycles. The van der Waals surface area contributed by atoms with Gasteiger partial charge in [0.2, 0.25) is 0 Å². The summed E-state index contributed by atoms with van der Waals surface area (Å²) in [5.74, 6) is 0.366. The van der Waals surface area contributed by atoms with Crippen molar-refractivity contribution in [3.8, 4) is 28.3 Å². The molecule has 0 radical (unpaired) electrons. The van der Waals surface area contributed by atoms with Gasteiger partial charge in [0.05, 0.1) is 31.3 Å². The van der Waals surface area contributed by atoms with E-state index in [0.29, 0.717) is 38.6 Å². The summed E-state index contributed by atoms with van der Waals surface area (Å²) in [4.78, 5) is 49.2. The number of hydroxylamine groups is 1. The number of H-pyrrole nitrogens is 1. The molecule has 3 heterocycles. The number of hydrogen-bond acceptors (Lipinski definition) is 9. The smallest absolute Gasteiger partial charge is 0.439 e. The summed E-state index contributed by atoms with van der Waals surface area (Å²) in [7, 11) is 1.58. The molecule has 0 unspecified atom stereocenters. The van der Waals surface area contributed by atoms with Crippen molar-refractivity contribution in [2.24, 2.45) is 0 Å². The molecule has 3 aromatic heterocycles. The third kappa shape index (κ3) is 6.50. The van der Waals surface area contributed by atoms with E-state index in [1.807, 2.05) is 61.5 Å². The highest BCUT2D eigenvalue weighted by molar-refractivity contribution is 7.18. The molecule has 0 aliphatic rings. The van der Waals surface area contributed by atoms with Gasteiger partial charge in [0.15, 0.2) is 5.82 Å². The Morgan fingerprint density at radius 3 is 2.45 bits per heavy atom. The number of aromatic amines is 1. The van der Waals surface area contributed by atoms with Crippen molar-refractivity contribution < 1.29 is 14.1 Å². The molecule has 0 saturated heterocycles. The van der Waals surface area contributed by atoms with Crippen molar-refractivity contribution in [3.63, 3.8) is 0 Å². The van der Waals surface area contributed by atoms with E-state index < -0.39 is 17.0 Å². The first-order valence-electron chi connectivity index (χ1n) is 14.8. The first-order valence-corrected chi connectivity index (χ1v) is 15.6. The van der Waals surface area contributed by atoms with Crippen LogP contribution in [0.15, 0.2) is 110 Å². The van der Waals surface area contributed by atoms with Gasteiger partial charge in [-0.25, -0.2) is 14.2 Å². The van der Waals surface area contributed by atoms with Crippen molar-refractivity contribution in [2.75, 3.05) is 13.7 Å². The van der Waals surface area contributed by atoms with Gasteiger partial charge in [0.1, 0.15) is 10.6 Å². The number of nitrogens with one attached hydrogen (secondary N) is 2. The van der Waals surface area contributed by atoms with E-state index in [-0.39, 0.29) is 13.2 Å². The Balaban J connectivity index is 1.42. The molecule has 3 aromatic carbocycles. The van der Waals surface area contributed by atoms with Crippen LogP contribution < -0.4 is 27.2 Å². The van der Waals surface area contributed by atoms with Crippen molar-refractivity contribution in [1.82, 2.24) is 24.8 Å². The Kier molecular flexibility index (Phi) is 9.13. The van der Waals surface area contributed by atoms with Crippen LogP contribution in [0, 0.1) is 0 Å². The predicted octanol–water partition coefficient (Wildman–Crippen LogP) is 5.52. The summed E-state index contributed by atoms with van der Waals surface area (Å²) in [5, 5.41) is 4.30. The molecule has 0 spiro atoms. The number of nitrogens with zero attached hydrogens (tertiary/aromatic N) is 3. The lowest BCUT2D eigenvalue weighted by atomic mass is 9.98. The van der Waals surface area contributed by atoms with Crippen molar-refractivity contribution in [1.29, 1.82) is 0 Å². The zero-order valence-electron chi connectivity index (χ0n) is 25.7. The molecule has 6 rings (SSSR count). The van der Waals surface area contributed by atoms with E-state index in [4.69, 9.17) is 14.1 Å². The van der Waals surface area contributed by atoms with Gasteiger partial charge in [0, 0.05) is 22.2 Å². The standard InChI is InChI=1S/C35H31N5O6S/c1-4-18-45-37-30(24-14-16-25(44-3)17-15-24)21-39-32(41)29-19-26(5-2)47-33(29)40(35(39)43)20-22-10-12-23(13-11-22)27-8-6-7-9-28(27)31-36-34(42)46-38-31/h4,6-17,19,21,37H,1,5,18,20H2,2-3H3,(H,36,38,42). The van der Waals surface area contributed by atoms with Crippen LogP contribution in [-0.4, -0.2) is 33.0 Å². The fourth-order valence-corrected chi connectivity index (χ4v) is 6.22. The summed E-state index contributed by atoms with van der Waals surface area (Å²) in [5.41, 5.74) is 6.34. The maximum Gasteiger partial charge on any atom is 0.439 e. The summed E-state index contributed by atoms with van der Waals surface area (Å²) >= 11 is 1.44. The maximum atomic E-state index is 14.1. The van der Waals surface area contributed by atoms with Gasteiger partial charge >= 0.3 is 11.4 Å². The highest BCUT2D eigenvalue weighted by Crippen LogP contribution is 2.30. The second kappa shape index (κ2) is 13.7. The van der Waals surface area contributed by atoms with E-state index in [0.717, 1.165) is 32.6 Å². The number of methoxy groups -OCH3 is 1. The number of ether oxygens (including phenoxy) is 1. The molecule has 0 aliphatic heterocycles. The van der Waals surface area contributed by atoms with Gasteiger partial charge in [-0.3, -0.25) is 29.2 Å². The Morgan fingerprint density at radius 1 is 1.04 bits per heavy atom. The molecule has 11 nitrogen and oxygen atoms in total. The number of benzene rings is 3. The van der Waals surface area contributed by atoms with Crippen LogP contribution in [0.5, 0.6) is 5.75 Å². The second-order valence-corrected chi connectivity index (χ2v) is 11.6. The lowest BCUT2D eigenvalue weighted by Crippen LogP contribution is -2.37. The van der Waals surface area contributed by atoms with Crippen LogP contribution >= 0.6 is 11.3 Å². The topological polar surface area (TPSA) is 133 Å². The van der Waals surface area contributed by atoms with E-state index in [1.165, 1.54) is 17.5 Å². The van der Waals surface area contributed by atoms with Crippen molar-refractivity contribution in [3.05, 3.63) is 139 Å². The molecule has 0 bridgehead atoms. The minimum atomic E-state index is -0.630. The minimum absolute atomic E-state index is 0.201. The number of rotatable bonds is 12. The number of fused-ring (bicyclic) bond motifs is 1. The van der Waals surface area contributed by atoms with Crippen LogP contribution in [0.2, 0.25) is 0 Å². The van der Waals surface area contributed by atoms with E-state index in [2.05, 4.69) is 22.2 Å². The van der Waals surface area contributed by atoms with Crippen LogP contribution in [-0.2, 0) is 17.8 Å². The number of aryl methyl sites for hydroxylation is 1. The molecule has 0 aliphatic carbocycles. The molecule has 2 N–H and O–H groups in total. The van der Waals surface area contributed by atoms with Crippen LogP contribution in [0.1, 0.15) is 22.9 Å². The first kappa shape index (κ1) is 31.3. The van der Waals surface area contributed by atoms with Crippen molar-refractivity contribution in [2.45, 2.75) is 19.9 Å². The third-order valence-corrected chi connectivity index (χ3v) is 8.82. The zero-order chi connectivity index (χ0) is 32.9. The van der Waals surface area contributed by atoms with Crippen molar-refractivity contribution >= 4 is 33.5 Å². The van der Waals surface area contributed by atoms with Crippen LogP contribution in [0.4, 0.5) is 0 Å². The Morgan fingerprint density at radius 2 is 1.79 bits per heavy atom. The van der Waals surface area contributed by atoms with Gasteiger partial charge in [-0.15, -0.1) is 17.9 Å². The number of thiophene rings is 1. The largest absolute Gasteiger partial charge is 0.497 e. The average Bonchev–Trinajstić information content (AvgIpc) is 3.75. The van der Waals surface area contributed by atoms with Crippen LogP contribution in [0.3, 0.4) is 0 Å². The molecule has 0 amide bonds. The van der Waals surface area contributed by atoms with E-state index in [9.17, 15) is 14.4 Å². The highest BCUT2D eigenvalue weighted by Gasteiger charge is 2.18. The van der Waals surface area contributed by atoms with Gasteiger partial charge in [-0.05, 0) is 53.4 Å². The molecule has 12 heteroatoms. The molecule has 0 fully saturated rings. The Labute approximate surface area is 272 Å². The molecule has 238 valence electrons. The molecule has 47 heavy (non-hydrogen) atoms. The predicted molar refractivity (Wildman–Crippen MR) is 183 cm³/mol. The average molecular weight is 650 g/mol. The Bertz CT molecular complexity index is 2260. The van der Waals surface area contributed by atoms with Gasteiger partial charge < -0.3 is 4.74 Å². The first-order chi connectivity index (χ1) is 22.9. The molecular formula is C35H31N5O6S. The van der Waals surface area contributed by atoms with Gasteiger partial charge in [-0.2, -0.15) is 0 Å². The molecule has 0 atom stereocenters. The quantitative estimate of drug-likeness (QED) is 0.101. The fraction of sp³-hybridized carbons (Fsp3) is 0.143. The molecular weight excluding hydrogens is 618 g/mol. The number of hydrogen-bond donors (Lipinski definition) is 2. The van der Waals surface area contributed by atoms with Gasteiger partial charge in [-0.1, -0.05) is 66.7 Å². The maximum absolute atomic E-state index is 14.1. The second-order valence-electron chi connectivity index (χ2n) is 10.5. The normalized spacial score (nSPS) is 11.6. The monoisotopic (exact) mass is 649 g/mol. The fourth-order valence-electron chi connectivity index (χ4n) is 5.14. The molecule has 6 aromatic rings. The zero-order valence-corrected chi connectivity index (χ0v) is 26.5. The third-order valence-electron chi connectivity index (χ3n) is 7.51.